The summed E-state index contributed by atoms with van der Waals surface area (Å²) in [6.45, 7) is 4.07. The van der Waals surface area contributed by atoms with Gasteiger partial charge < -0.3 is 5.32 Å². The predicted molar refractivity (Wildman–Crippen MR) is 108 cm³/mol. The largest absolute Gasteiger partial charge is 0.321 e. The highest BCUT2D eigenvalue weighted by molar-refractivity contribution is 9.10. The van der Waals surface area contributed by atoms with Crippen molar-refractivity contribution in [2.75, 3.05) is 5.32 Å². The van der Waals surface area contributed by atoms with E-state index in [-0.39, 0.29) is 11.7 Å². The van der Waals surface area contributed by atoms with Crippen LogP contribution in [-0.2, 0) is 12.3 Å². The second-order valence-corrected chi connectivity index (χ2v) is 7.52. The van der Waals surface area contributed by atoms with Crippen molar-refractivity contribution in [2.45, 2.75) is 17.2 Å². The zero-order valence-electron chi connectivity index (χ0n) is 14.2. The molecule has 0 radical (unpaired) electrons. The maximum absolute atomic E-state index is 13.0. The van der Waals surface area contributed by atoms with Crippen LogP contribution in [0.4, 0.5) is 10.1 Å². The summed E-state index contributed by atoms with van der Waals surface area (Å²) in [5.41, 5.74) is 1.61. The van der Waals surface area contributed by atoms with Gasteiger partial charge in [0, 0.05) is 20.8 Å². The van der Waals surface area contributed by atoms with Crippen LogP contribution in [0.3, 0.4) is 0 Å². The number of carbonyl (C=O) groups is 1. The molecule has 2 aromatic carbocycles. The lowest BCUT2D eigenvalue weighted by Crippen LogP contribution is -2.19. The molecule has 1 aromatic heterocycles. The second kappa shape index (κ2) is 8.96. The van der Waals surface area contributed by atoms with Gasteiger partial charge >= 0.3 is 0 Å². The van der Waals surface area contributed by atoms with Crippen molar-refractivity contribution < 1.29 is 9.18 Å². The lowest BCUT2D eigenvalue weighted by Gasteiger charge is -2.08. The number of hydrogen-bond acceptors (Lipinski definition) is 4. The molecule has 1 heterocycles. The number of amides is 1. The number of anilines is 1. The fourth-order valence-electron chi connectivity index (χ4n) is 2.35. The van der Waals surface area contributed by atoms with Crippen LogP contribution in [0.2, 0.25) is 0 Å². The van der Waals surface area contributed by atoms with E-state index in [4.69, 9.17) is 0 Å². The summed E-state index contributed by atoms with van der Waals surface area (Å²) in [6.07, 6.45) is 1.65. The Labute approximate surface area is 168 Å². The average Bonchev–Trinajstić information content (AvgIpc) is 3.06. The van der Waals surface area contributed by atoms with Gasteiger partial charge in [-0.15, -0.1) is 23.4 Å². The van der Waals surface area contributed by atoms with Gasteiger partial charge in [0.25, 0.3) is 5.91 Å². The Morgan fingerprint density at radius 1 is 1.22 bits per heavy atom. The molecule has 0 aliphatic carbocycles. The third kappa shape index (κ3) is 5.05. The minimum absolute atomic E-state index is 0.286. The summed E-state index contributed by atoms with van der Waals surface area (Å²) in [4.78, 5) is 13.7. The molecule has 0 bridgehead atoms. The van der Waals surface area contributed by atoms with Crippen molar-refractivity contribution in [3.63, 3.8) is 0 Å². The Kier molecular flexibility index (Phi) is 6.41. The van der Waals surface area contributed by atoms with Crippen LogP contribution in [-0.4, -0.2) is 20.9 Å². The van der Waals surface area contributed by atoms with Crippen molar-refractivity contribution >= 4 is 39.3 Å². The second-order valence-electron chi connectivity index (χ2n) is 5.56. The van der Waals surface area contributed by atoms with Crippen molar-refractivity contribution in [2.24, 2.45) is 0 Å². The van der Waals surface area contributed by atoms with Gasteiger partial charge in [0.15, 0.2) is 5.69 Å². The van der Waals surface area contributed by atoms with E-state index in [2.05, 4.69) is 38.1 Å². The highest BCUT2D eigenvalue weighted by atomic mass is 79.9. The quantitative estimate of drug-likeness (QED) is 0.413. The molecule has 138 valence electrons. The lowest BCUT2D eigenvalue weighted by molar-refractivity contribution is 0.101. The lowest BCUT2D eigenvalue weighted by atomic mass is 10.2. The number of nitrogens with one attached hydrogen (secondary N) is 1. The monoisotopic (exact) mass is 446 g/mol. The van der Waals surface area contributed by atoms with Gasteiger partial charge in [-0.1, -0.05) is 27.2 Å². The van der Waals surface area contributed by atoms with Gasteiger partial charge in [-0.25, -0.2) is 9.07 Å². The van der Waals surface area contributed by atoms with Crippen LogP contribution in [0.1, 0.15) is 16.2 Å². The fourth-order valence-corrected chi connectivity index (χ4v) is 3.44. The predicted octanol–water partition coefficient (Wildman–Crippen LogP) is 4.91. The van der Waals surface area contributed by atoms with Crippen LogP contribution >= 0.6 is 27.7 Å². The van der Waals surface area contributed by atoms with E-state index in [1.807, 2.05) is 12.1 Å². The molecule has 0 spiro atoms. The van der Waals surface area contributed by atoms with Crippen LogP contribution in [0.25, 0.3) is 0 Å². The molecule has 0 saturated heterocycles. The third-order valence-corrected chi connectivity index (χ3v) is 5.17. The smallest absolute Gasteiger partial charge is 0.275 e. The normalized spacial score (nSPS) is 10.6. The van der Waals surface area contributed by atoms with E-state index in [9.17, 15) is 9.18 Å². The number of nitrogens with zero attached hydrogens (tertiary/aromatic N) is 3. The summed E-state index contributed by atoms with van der Waals surface area (Å²) in [6, 6.07) is 13.5. The number of carbonyl (C=O) groups excluding carboxylic acids is 1. The minimum atomic E-state index is -0.293. The van der Waals surface area contributed by atoms with E-state index in [1.54, 1.807) is 30.3 Å². The molecule has 1 N–H and O–H groups in total. The first-order valence-electron chi connectivity index (χ1n) is 8.05. The molecule has 0 unspecified atom stereocenters. The molecule has 0 fully saturated rings. The number of allylic oxidation sites excluding steroid dienone is 1. The zero-order valence-corrected chi connectivity index (χ0v) is 16.6. The SMILES string of the molecule is C=CCn1nnc(CSc2ccc(F)cc2)c1C(=O)Nc1ccc(Br)cc1. The number of hydrogen-bond donors (Lipinski definition) is 1. The standard InChI is InChI=1S/C19H16BrFN4OS/c1-2-11-25-18(19(26)22-15-7-3-13(20)4-8-15)17(23-24-25)12-27-16-9-5-14(21)6-10-16/h2-10H,1,11-12H2,(H,22,26). The number of benzene rings is 2. The van der Waals surface area contributed by atoms with Gasteiger partial charge in [-0.3, -0.25) is 4.79 Å². The molecular formula is C19H16BrFN4OS. The molecule has 8 heteroatoms. The molecule has 1 amide bonds. The Morgan fingerprint density at radius 3 is 2.59 bits per heavy atom. The summed E-state index contributed by atoms with van der Waals surface area (Å²) >= 11 is 4.83. The van der Waals surface area contributed by atoms with E-state index < -0.39 is 0 Å². The summed E-state index contributed by atoms with van der Waals surface area (Å²) in [7, 11) is 0. The molecular weight excluding hydrogens is 431 g/mol. The fraction of sp³-hybridized carbons (Fsp3) is 0.105. The topological polar surface area (TPSA) is 59.8 Å². The summed E-state index contributed by atoms with van der Waals surface area (Å²) < 4.78 is 15.5. The van der Waals surface area contributed by atoms with Gasteiger partial charge in [0.1, 0.15) is 11.5 Å². The van der Waals surface area contributed by atoms with Crippen molar-refractivity contribution in [1.82, 2.24) is 15.0 Å². The van der Waals surface area contributed by atoms with Gasteiger partial charge in [0.2, 0.25) is 0 Å². The molecule has 0 atom stereocenters. The highest BCUT2D eigenvalue weighted by Crippen LogP contribution is 2.24. The zero-order chi connectivity index (χ0) is 19.2. The van der Waals surface area contributed by atoms with Crippen LogP contribution in [0.15, 0.2) is 70.6 Å². The van der Waals surface area contributed by atoms with E-state index in [0.29, 0.717) is 29.4 Å². The maximum atomic E-state index is 13.0. The number of rotatable bonds is 7. The van der Waals surface area contributed by atoms with Crippen LogP contribution < -0.4 is 5.32 Å². The Balaban J connectivity index is 1.79. The summed E-state index contributed by atoms with van der Waals surface area (Å²) in [5.74, 6) is -0.143. The average molecular weight is 447 g/mol. The third-order valence-electron chi connectivity index (χ3n) is 3.61. The van der Waals surface area contributed by atoms with E-state index in [1.165, 1.54) is 28.6 Å². The molecule has 3 rings (SSSR count). The first kappa shape index (κ1) is 19.3. The summed E-state index contributed by atoms with van der Waals surface area (Å²) in [5, 5.41) is 11.1. The number of halogens is 2. The molecule has 3 aromatic rings. The van der Waals surface area contributed by atoms with E-state index >= 15 is 0 Å². The molecule has 0 aliphatic rings. The van der Waals surface area contributed by atoms with Crippen molar-refractivity contribution in [1.29, 1.82) is 0 Å². The molecule has 0 aliphatic heterocycles. The maximum Gasteiger partial charge on any atom is 0.275 e. The van der Waals surface area contributed by atoms with Crippen molar-refractivity contribution in [3.05, 3.63) is 82.9 Å². The number of thioether (sulfide) groups is 1. The van der Waals surface area contributed by atoms with Crippen molar-refractivity contribution in [3.8, 4) is 0 Å². The van der Waals surface area contributed by atoms with Crippen LogP contribution in [0.5, 0.6) is 0 Å². The molecule has 5 nitrogen and oxygen atoms in total. The van der Waals surface area contributed by atoms with Gasteiger partial charge in [0.05, 0.1) is 6.54 Å². The first-order valence-corrected chi connectivity index (χ1v) is 9.83. The van der Waals surface area contributed by atoms with Crippen LogP contribution in [0, 0.1) is 5.82 Å². The Bertz CT molecular complexity index is 941. The number of aromatic nitrogens is 3. The van der Waals surface area contributed by atoms with E-state index in [0.717, 1.165) is 9.37 Å². The molecule has 0 saturated carbocycles. The highest BCUT2D eigenvalue weighted by Gasteiger charge is 2.20. The van der Waals surface area contributed by atoms with Gasteiger partial charge in [-0.05, 0) is 48.5 Å². The minimum Gasteiger partial charge on any atom is -0.321 e. The Morgan fingerprint density at radius 2 is 1.93 bits per heavy atom. The first-order chi connectivity index (χ1) is 13.1. The molecule has 27 heavy (non-hydrogen) atoms. The van der Waals surface area contributed by atoms with Gasteiger partial charge in [-0.2, -0.15) is 0 Å². The Hall–Kier alpha value is -2.45.